The Morgan fingerprint density at radius 3 is 2.75 bits per heavy atom. The highest BCUT2D eigenvalue weighted by atomic mass is 32.2. The number of fused-ring (bicyclic) bond motifs is 1. The van der Waals surface area contributed by atoms with E-state index in [0.717, 1.165) is 49.7 Å². The van der Waals surface area contributed by atoms with Crippen molar-refractivity contribution in [3.63, 3.8) is 0 Å². The minimum atomic E-state index is -3.30. The van der Waals surface area contributed by atoms with Crippen molar-refractivity contribution in [3.8, 4) is 0 Å². The van der Waals surface area contributed by atoms with Crippen LogP contribution in [0.2, 0.25) is 0 Å². The zero-order valence-corrected chi connectivity index (χ0v) is 12.2. The van der Waals surface area contributed by atoms with Crippen LogP contribution in [-0.4, -0.2) is 27.1 Å². The van der Waals surface area contributed by atoms with Gasteiger partial charge in [0.05, 0.1) is 11.9 Å². The molecule has 0 saturated heterocycles. The molecular formula is C14H18N2O3S. The van der Waals surface area contributed by atoms with Gasteiger partial charge < -0.3 is 4.90 Å². The number of anilines is 2. The average Bonchev–Trinajstić information content (AvgIpc) is 3.19. The van der Waals surface area contributed by atoms with Gasteiger partial charge in [0, 0.05) is 18.2 Å². The quantitative estimate of drug-likeness (QED) is 0.923. The molecule has 1 N–H and O–H groups in total. The number of aryl methyl sites for hydroxylation is 1. The lowest BCUT2D eigenvalue weighted by Gasteiger charge is -2.30. The number of carbonyl (C=O) groups excluding carboxylic acids is 1. The van der Waals surface area contributed by atoms with E-state index in [9.17, 15) is 13.2 Å². The van der Waals surface area contributed by atoms with Gasteiger partial charge >= 0.3 is 0 Å². The van der Waals surface area contributed by atoms with E-state index in [2.05, 4.69) is 4.72 Å². The summed E-state index contributed by atoms with van der Waals surface area (Å²) in [5.74, 6) is 0.356. The Hall–Kier alpha value is -1.56. The maximum absolute atomic E-state index is 12.3. The Bertz CT molecular complexity index is 650. The summed E-state index contributed by atoms with van der Waals surface area (Å²) < 4.78 is 25.1. The van der Waals surface area contributed by atoms with Crippen molar-refractivity contribution in [2.24, 2.45) is 5.92 Å². The molecule has 0 spiro atoms. The zero-order chi connectivity index (χ0) is 14.3. The lowest BCUT2D eigenvalue weighted by molar-refractivity contribution is -0.119. The SMILES string of the molecule is CS(=O)(=O)Nc1ccc2c(c1)N(C(=O)C1CC1)CCC2. The molecule has 1 heterocycles. The van der Waals surface area contributed by atoms with Crippen LogP contribution in [0.1, 0.15) is 24.8 Å². The van der Waals surface area contributed by atoms with E-state index in [1.54, 1.807) is 12.1 Å². The second-order valence-corrected chi connectivity index (χ2v) is 7.33. The minimum absolute atomic E-state index is 0.174. The van der Waals surface area contributed by atoms with Gasteiger partial charge in [0.1, 0.15) is 0 Å². The van der Waals surface area contributed by atoms with E-state index < -0.39 is 10.0 Å². The number of rotatable bonds is 3. The van der Waals surface area contributed by atoms with E-state index in [1.807, 2.05) is 11.0 Å². The van der Waals surface area contributed by atoms with Crippen LogP contribution < -0.4 is 9.62 Å². The van der Waals surface area contributed by atoms with Crippen molar-refractivity contribution in [2.45, 2.75) is 25.7 Å². The highest BCUT2D eigenvalue weighted by Gasteiger charge is 2.35. The van der Waals surface area contributed by atoms with Crippen molar-refractivity contribution < 1.29 is 13.2 Å². The molecule has 6 heteroatoms. The van der Waals surface area contributed by atoms with Crippen LogP contribution in [0.3, 0.4) is 0 Å². The summed E-state index contributed by atoms with van der Waals surface area (Å²) in [6.45, 7) is 0.727. The summed E-state index contributed by atoms with van der Waals surface area (Å²) in [6, 6.07) is 5.44. The van der Waals surface area contributed by atoms with Crippen LogP contribution >= 0.6 is 0 Å². The van der Waals surface area contributed by atoms with Crippen LogP contribution in [0, 0.1) is 5.92 Å². The van der Waals surface area contributed by atoms with Crippen LogP contribution in [0.15, 0.2) is 18.2 Å². The van der Waals surface area contributed by atoms with Gasteiger partial charge in [-0.05, 0) is 43.4 Å². The summed E-state index contributed by atoms with van der Waals surface area (Å²) in [5.41, 5.74) is 2.49. The number of carbonyl (C=O) groups is 1. The number of sulfonamides is 1. The average molecular weight is 294 g/mol. The Kier molecular flexibility index (Phi) is 3.20. The molecule has 3 rings (SSSR count). The van der Waals surface area contributed by atoms with Crippen molar-refractivity contribution >= 4 is 27.3 Å². The van der Waals surface area contributed by atoms with E-state index in [4.69, 9.17) is 0 Å². The first-order chi connectivity index (χ1) is 9.44. The first kappa shape index (κ1) is 13.4. The molecule has 1 saturated carbocycles. The Labute approximate surface area is 119 Å². The number of nitrogens with one attached hydrogen (secondary N) is 1. The zero-order valence-electron chi connectivity index (χ0n) is 11.4. The summed E-state index contributed by atoms with van der Waals surface area (Å²) in [4.78, 5) is 14.1. The molecule has 1 aliphatic carbocycles. The van der Waals surface area contributed by atoms with Crippen molar-refractivity contribution in [2.75, 3.05) is 22.4 Å². The smallest absolute Gasteiger partial charge is 0.230 e. The molecule has 0 aromatic heterocycles. The number of benzene rings is 1. The summed E-state index contributed by atoms with van der Waals surface area (Å²) in [6.07, 6.45) is 4.98. The number of hydrogen-bond donors (Lipinski definition) is 1. The molecule has 0 bridgehead atoms. The first-order valence-electron chi connectivity index (χ1n) is 6.86. The van der Waals surface area contributed by atoms with E-state index in [1.165, 1.54) is 0 Å². The molecule has 0 atom stereocenters. The normalized spacial score (nSPS) is 18.6. The van der Waals surface area contributed by atoms with Gasteiger partial charge in [0.2, 0.25) is 15.9 Å². The minimum Gasteiger partial charge on any atom is -0.312 e. The highest BCUT2D eigenvalue weighted by molar-refractivity contribution is 7.92. The van der Waals surface area contributed by atoms with Gasteiger partial charge in [-0.15, -0.1) is 0 Å². The third kappa shape index (κ3) is 2.80. The molecular weight excluding hydrogens is 276 g/mol. The number of nitrogens with zero attached hydrogens (tertiary/aromatic N) is 1. The summed E-state index contributed by atoms with van der Waals surface area (Å²) in [7, 11) is -3.30. The number of amides is 1. The molecule has 1 fully saturated rings. The molecule has 5 nitrogen and oxygen atoms in total. The third-order valence-electron chi connectivity index (χ3n) is 3.70. The second kappa shape index (κ2) is 4.77. The Morgan fingerprint density at radius 1 is 1.35 bits per heavy atom. The Morgan fingerprint density at radius 2 is 2.10 bits per heavy atom. The standard InChI is InChI=1S/C14H18N2O3S/c1-20(18,19)15-12-7-6-10-3-2-8-16(13(10)9-12)14(17)11-4-5-11/h6-7,9,11,15H,2-5,8H2,1H3. The first-order valence-corrected chi connectivity index (χ1v) is 8.75. The maximum atomic E-state index is 12.3. The van der Waals surface area contributed by atoms with E-state index >= 15 is 0 Å². The predicted octanol–water partition coefficient (Wildman–Crippen LogP) is 1.75. The van der Waals surface area contributed by atoms with Crippen LogP contribution in [0.25, 0.3) is 0 Å². The number of hydrogen-bond acceptors (Lipinski definition) is 3. The van der Waals surface area contributed by atoms with Crippen LogP contribution in [-0.2, 0) is 21.2 Å². The lowest BCUT2D eigenvalue weighted by atomic mass is 10.0. The van der Waals surface area contributed by atoms with Crippen LogP contribution in [0.5, 0.6) is 0 Å². The monoisotopic (exact) mass is 294 g/mol. The van der Waals surface area contributed by atoms with Gasteiger partial charge in [-0.2, -0.15) is 0 Å². The Balaban J connectivity index is 1.93. The summed E-state index contributed by atoms with van der Waals surface area (Å²) >= 11 is 0. The molecule has 1 amide bonds. The second-order valence-electron chi connectivity index (χ2n) is 5.59. The lowest BCUT2D eigenvalue weighted by Crippen LogP contribution is -2.36. The molecule has 20 heavy (non-hydrogen) atoms. The molecule has 2 aliphatic rings. The third-order valence-corrected chi connectivity index (χ3v) is 4.31. The largest absolute Gasteiger partial charge is 0.312 e. The fraction of sp³-hybridized carbons (Fsp3) is 0.500. The highest BCUT2D eigenvalue weighted by Crippen LogP contribution is 2.36. The molecule has 1 aromatic carbocycles. The van der Waals surface area contributed by atoms with Crippen molar-refractivity contribution in [1.29, 1.82) is 0 Å². The summed E-state index contributed by atoms with van der Waals surface area (Å²) in [5, 5.41) is 0. The van der Waals surface area contributed by atoms with Crippen molar-refractivity contribution in [1.82, 2.24) is 0 Å². The molecule has 1 aliphatic heterocycles. The predicted molar refractivity (Wildman–Crippen MR) is 78.3 cm³/mol. The van der Waals surface area contributed by atoms with E-state index in [0.29, 0.717) is 5.69 Å². The molecule has 108 valence electrons. The fourth-order valence-corrected chi connectivity index (χ4v) is 3.19. The van der Waals surface area contributed by atoms with Gasteiger partial charge in [-0.1, -0.05) is 6.07 Å². The maximum Gasteiger partial charge on any atom is 0.230 e. The van der Waals surface area contributed by atoms with Gasteiger partial charge in [-0.25, -0.2) is 8.42 Å². The van der Waals surface area contributed by atoms with Crippen molar-refractivity contribution in [3.05, 3.63) is 23.8 Å². The topological polar surface area (TPSA) is 66.5 Å². The fourth-order valence-electron chi connectivity index (χ4n) is 2.63. The van der Waals surface area contributed by atoms with Gasteiger partial charge in [0.15, 0.2) is 0 Å². The van der Waals surface area contributed by atoms with Crippen LogP contribution in [0.4, 0.5) is 11.4 Å². The van der Waals surface area contributed by atoms with Gasteiger partial charge in [0.25, 0.3) is 0 Å². The molecule has 1 aromatic rings. The van der Waals surface area contributed by atoms with Gasteiger partial charge in [-0.3, -0.25) is 9.52 Å². The molecule has 0 radical (unpaired) electrons. The molecule has 0 unspecified atom stereocenters. The van der Waals surface area contributed by atoms with E-state index in [-0.39, 0.29) is 11.8 Å².